The molecule has 1 aliphatic carbocycles. The highest BCUT2D eigenvalue weighted by Gasteiger charge is 2.43. The molecule has 0 saturated heterocycles. The quantitative estimate of drug-likeness (QED) is 0.529. The minimum absolute atomic E-state index is 0.251. The number of hydrazine groups is 1. The van der Waals surface area contributed by atoms with Gasteiger partial charge in [-0.2, -0.15) is 0 Å². The number of hydrogen-bond donors (Lipinski definition) is 2. The van der Waals surface area contributed by atoms with Crippen molar-refractivity contribution >= 4 is 0 Å². The molecular formula is C12H26N2. The molecule has 0 aliphatic heterocycles. The van der Waals surface area contributed by atoms with Gasteiger partial charge < -0.3 is 0 Å². The van der Waals surface area contributed by atoms with Crippen LogP contribution in [-0.4, -0.2) is 6.04 Å². The summed E-state index contributed by atoms with van der Waals surface area (Å²) in [4.78, 5) is 0. The first kappa shape index (κ1) is 12.0. The Morgan fingerprint density at radius 3 is 2.21 bits per heavy atom. The van der Waals surface area contributed by atoms with Crippen LogP contribution in [0.2, 0.25) is 0 Å². The molecule has 84 valence electrons. The van der Waals surface area contributed by atoms with Crippen LogP contribution in [0.5, 0.6) is 0 Å². The molecule has 1 aliphatic rings. The highest BCUT2D eigenvalue weighted by Crippen LogP contribution is 2.47. The lowest BCUT2D eigenvalue weighted by molar-refractivity contribution is 0.117. The van der Waals surface area contributed by atoms with E-state index in [2.05, 4.69) is 40.0 Å². The lowest BCUT2D eigenvalue weighted by Crippen LogP contribution is -2.51. The molecule has 2 nitrogen and oxygen atoms in total. The third kappa shape index (κ3) is 2.29. The molecule has 1 rings (SSSR count). The molecule has 2 atom stereocenters. The maximum Gasteiger partial charge on any atom is 0.0292 e. The fraction of sp³-hybridized carbons (Fsp3) is 1.00. The van der Waals surface area contributed by atoms with Crippen molar-refractivity contribution in [2.75, 3.05) is 0 Å². The molecule has 2 unspecified atom stereocenters. The molecule has 1 saturated carbocycles. The summed E-state index contributed by atoms with van der Waals surface area (Å²) in [5.74, 6) is 6.43. The van der Waals surface area contributed by atoms with Gasteiger partial charge in [-0.3, -0.25) is 11.3 Å². The van der Waals surface area contributed by atoms with Gasteiger partial charge in [0, 0.05) is 6.04 Å². The molecule has 0 heterocycles. The van der Waals surface area contributed by atoms with Gasteiger partial charge in [0.05, 0.1) is 0 Å². The smallest absolute Gasteiger partial charge is 0.0292 e. The van der Waals surface area contributed by atoms with E-state index in [1.165, 1.54) is 19.3 Å². The van der Waals surface area contributed by atoms with Crippen LogP contribution in [0.3, 0.4) is 0 Å². The number of rotatable bonds is 2. The lowest BCUT2D eigenvalue weighted by Gasteiger charge is -2.41. The molecule has 2 heteroatoms. The maximum absolute atomic E-state index is 5.71. The Morgan fingerprint density at radius 2 is 1.93 bits per heavy atom. The minimum Gasteiger partial charge on any atom is -0.271 e. The van der Waals surface area contributed by atoms with E-state index in [1.54, 1.807) is 0 Å². The molecule has 3 N–H and O–H groups in total. The molecule has 0 bridgehead atoms. The molecule has 14 heavy (non-hydrogen) atoms. The SMILES string of the molecule is CC(C)(C)C(NN)C1CCCC1(C)C. The summed E-state index contributed by atoms with van der Waals surface area (Å²) in [6.45, 7) is 11.6. The third-order valence-electron chi connectivity index (χ3n) is 3.85. The summed E-state index contributed by atoms with van der Waals surface area (Å²) in [6, 6.07) is 0.431. The van der Waals surface area contributed by atoms with E-state index >= 15 is 0 Å². The lowest BCUT2D eigenvalue weighted by atomic mass is 9.69. The Hall–Kier alpha value is -0.0800. The van der Waals surface area contributed by atoms with Crippen molar-refractivity contribution in [3.8, 4) is 0 Å². The van der Waals surface area contributed by atoms with Gasteiger partial charge in [-0.25, -0.2) is 0 Å². The summed E-state index contributed by atoms with van der Waals surface area (Å²) in [6.07, 6.45) is 4.01. The van der Waals surface area contributed by atoms with E-state index in [4.69, 9.17) is 5.84 Å². The second kappa shape index (κ2) is 3.82. The van der Waals surface area contributed by atoms with Gasteiger partial charge >= 0.3 is 0 Å². The third-order valence-corrected chi connectivity index (χ3v) is 3.85. The zero-order valence-corrected chi connectivity index (χ0v) is 10.4. The van der Waals surface area contributed by atoms with Crippen LogP contribution in [0.25, 0.3) is 0 Å². The van der Waals surface area contributed by atoms with Crippen molar-refractivity contribution in [2.45, 2.75) is 59.9 Å². The van der Waals surface area contributed by atoms with Crippen LogP contribution >= 0.6 is 0 Å². The Labute approximate surface area is 88.6 Å². The Morgan fingerprint density at radius 1 is 1.36 bits per heavy atom. The average molecular weight is 198 g/mol. The van der Waals surface area contributed by atoms with Gasteiger partial charge in [0.25, 0.3) is 0 Å². The monoisotopic (exact) mass is 198 g/mol. The van der Waals surface area contributed by atoms with E-state index in [-0.39, 0.29) is 5.41 Å². The second-order valence-electron chi connectivity index (χ2n) is 6.50. The van der Waals surface area contributed by atoms with Gasteiger partial charge in [0.15, 0.2) is 0 Å². The van der Waals surface area contributed by atoms with Gasteiger partial charge in [-0.1, -0.05) is 41.0 Å². The van der Waals surface area contributed by atoms with Crippen LogP contribution in [-0.2, 0) is 0 Å². The highest BCUT2D eigenvalue weighted by molar-refractivity contribution is 4.96. The Bertz CT molecular complexity index is 191. The Balaban J connectivity index is 2.80. The molecule has 0 spiro atoms. The predicted molar refractivity (Wildman–Crippen MR) is 61.7 cm³/mol. The predicted octanol–water partition coefficient (Wildman–Crippen LogP) is 2.69. The first-order valence-corrected chi connectivity index (χ1v) is 5.75. The van der Waals surface area contributed by atoms with Crippen molar-refractivity contribution in [1.29, 1.82) is 0 Å². The molecule has 0 aromatic heterocycles. The van der Waals surface area contributed by atoms with E-state index in [0.717, 1.165) is 0 Å². The molecule has 0 amide bonds. The van der Waals surface area contributed by atoms with Crippen molar-refractivity contribution in [2.24, 2.45) is 22.6 Å². The van der Waals surface area contributed by atoms with E-state index in [1.807, 2.05) is 0 Å². The Kier molecular flexibility index (Phi) is 3.27. The molecule has 0 radical (unpaired) electrons. The van der Waals surface area contributed by atoms with Gasteiger partial charge in [-0.15, -0.1) is 0 Å². The normalized spacial score (nSPS) is 29.1. The minimum atomic E-state index is 0.251. The topological polar surface area (TPSA) is 38.0 Å². The first-order valence-electron chi connectivity index (χ1n) is 5.75. The fourth-order valence-electron chi connectivity index (χ4n) is 2.94. The molecular weight excluding hydrogens is 172 g/mol. The largest absolute Gasteiger partial charge is 0.271 e. The first-order chi connectivity index (χ1) is 6.29. The zero-order valence-electron chi connectivity index (χ0n) is 10.4. The summed E-state index contributed by atoms with van der Waals surface area (Å²) < 4.78 is 0. The highest BCUT2D eigenvalue weighted by atomic mass is 15.2. The van der Waals surface area contributed by atoms with Crippen molar-refractivity contribution in [1.82, 2.24) is 5.43 Å². The van der Waals surface area contributed by atoms with Crippen LogP contribution < -0.4 is 11.3 Å². The van der Waals surface area contributed by atoms with Crippen LogP contribution in [0, 0.1) is 16.7 Å². The molecule has 0 aromatic rings. The molecule has 1 fully saturated rings. The summed E-state index contributed by atoms with van der Waals surface area (Å²) in [5.41, 5.74) is 3.74. The van der Waals surface area contributed by atoms with Gasteiger partial charge in [0.1, 0.15) is 0 Å². The standard InChI is InChI=1S/C12H26N2/c1-11(2,3)10(14-13)9-7-6-8-12(9,4)5/h9-10,14H,6-8,13H2,1-5H3. The van der Waals surface area contributed by atoms with Crippen LogP contribution in [0.15, 0.2) is 0 Å². The van der Waals surface area contributed by atoms with E-state index in [0.29, 0.717) is 17.4 Å². The summed E-state index contributed by atoms with van der Waals surface area (Å²) in [5, 5.41) is 0. The zero-order chi connectivity index (χ0) is 11.0. The van der Waals surface area contributed by atoms with Crippen molar-refractivity contribution in [3.63, 3.8) is 0 Å². The van der Waals surface area contributed by atoms with E-state index < -0.39 is 0 Å². The van der Waals surface area contributed by atoms with Gasteiger partial charge in [-0.05, 0) is 29.6 Å². The summed E-state index contributed by atoms with van der Waals surface area (Å²) in [7, 11) is 0. The average Bonchev–Trinajstić information content (AvgIpc) is 2.30. The maximum atomic E-state index is 5.71. The molecule has 0 aromatic carbocycles. The number of nitrogens with two attached hydrogens (primary N) is 1. The fourth-order valence-corrected chi connectivity index (χ4v) is 2.94. The van der Waals surface area contributed by atoms with E-state index in [9.17, 15) is 0 Å². The second-order valence-corrected chi connectivity index (χ2v) is 6.50. The van der Waals surface area contributed by atoms with Crippen LogP contribution in [0.4, 0.5) is 0 Å². The summed E-state index contributed by atoms with van der Waals surface area (Å²) >= 11 is 0. The van der Waals surface area contributed by atoms with Crippen LogP contribution in [0.1, 0.15) is 53.9 Å². The van der Waals surface area contributed by atoms with Crippen molar-refractivity contribution < 1.29 is 0 Å². The van der Waals surface area contributed by atoms with Crippen molar-refractivity contribution in [3.05, 3.63) is 0 Å². The number of nitrogens with one attached hydrogen (secondary N) is 1. The number of hydrogen-bond acceptors (Lipinski definition) is 2. The van der Waals surface area contributed by atoms with Gasteiger partial charge in [0.2, 0.25) is 0 Å².